The van der Waals surface area contributed by atoms with Crippen molar-refractivity contribution >= 4 is 12.6 Å². The van der Waals surface area contributed by atoms with E-state index in [9.17, 15) is 0 Å². The Morgan fingerprint density at radius 2 is 2.07 bits per heavy atom. The van der Waals surface area contributed by atoms with Gasteiger partial charge in [-0.1, -0.05) is 26.8 Å². The molecule has 4 heteroatoms. The van der Waals surface area contributed by atoms with Gasteiger partial charge < -0.3 is 9.31 Å². The average Bonchev–Trinajstić information content (AvgIpc) is 2.00. The van der Waals surface area contributed by atoms with Crippen LogP contribution >= 0.6 is 0 Å². The van der Waals surface area contributed by atoms with E-state index >= 15 is 0 Å². The summed E-state index contributed by atoms with van der Waals surface area (Å²) in [5, 5.41) is 0. The molecule has 0 saturated carbocycles. The first-order valence-electron chi connectivity index (χ1n) is 4.78. The van der Waals surface area contributed by atoms with Crippen molar-refractivity contribution in [3.8, 4) is 0 Å². The van der Waals surface area contributed by atoms with Crippen LogP contribution in [-0.2, 0) is 9.31 Å². The highest BCUT2D eigenvalue weighted by molar-refractivity contribution is 6.62. The van der Waals surface area contributed by atoms with Crippen molar-refractivity contribution in [2.45, 2.75) is 27.1 Å². The fourth-order valence-corrected chi connectivity index (χ4v) is 1.32. The fourth-order valence-electron chi connectivity index (χ4n) is 1.32. The summed E-state index contributed by atoms with van der Waals surface area (Å²) in [7, 11) is -0.229. The Labute approximate surface area is 84.6 Å². The Hall–Kier alpha value is -0.865. The third-order valence-electron chi connectivity index (χ3n) is 2.16. The van der Waals surface area contributed by atoms with Crippen LogP contribution in [0.5, 0.6) is 0 Å². The minimum atomic E-state index is -0.229. The molecular formula is C10H14BNO2. The van der Waals surface area contributed by atoms with Gasteiger partial charge in [0, 0.05) is 23.3 Å². The smallest absolute Gasteiger partial charge is 0.382 e. The molecule has 1 aromatic heterocycles. The van der Waals surface area contributed by atoms with E-state index in [-0.39, 0.29) is 18.8 Å². The zero-order valence-electron chi connectivity index (χ0n) is 8.73. The van der Waals surface area contributed by atoms with E-state index in [0.29, 0.717) is 0 Å². The molecule has 0 bridgehead atoms. The predicted molar refractivity (Wildman–Crippen MR) is 55.0 cm³/mol. The molecule has 1 aliphatic rings. The fraction of sp³-hybridized carbons (Fsp3) is 0.500. The summed E-state index contributed by atoms with van der Waals surface area (Å²) < 4.78 is 11.3. The van der Waals surface area contributed by atoms with Crippen molar-refractivity contribution in [3.63, 3.8) is 0 Å². The molecule has 2 heterocycles. The molecule has 0 aromatic carbocycles. The highest BCUT2D eigenvalue weighted by atomic mass is 16.8. The van der Waals surface area contributed by atoms with E-state index < -0.39 is 0 Å². The third kappa shape index (κ3) is 1.81. The lowest BCUT2D eigenvalue weighted by Gasteiger charge is -2.42. The summed E-state index contributed by atoms with van der Waals surface area (Å²) in [6.45, 7) is 6.28. The maximum Gasteiger partial charge on any atom is 0.499 e. The van der Waals surface area contributed by atoms with Crippen molar-refractivity contribution in [1.29, 1.82) is 0 Å². The van der Waals surface area contributed by atoms with Crippen molar-refractivity contribution in [2.75, 3.05) is 0 Å². The van der Waals surface area contributed by atoms with Crippen LogP contribution < -0.4 is 5.46 Å². The van der Waals surface area contributed by atoms with Gasteiger partial charge >= 0.3 is 7.12 Å². The van der Waals surface area contributed by atoms with Crippen molar-refractivity contribution in [2.24, 2.45) is 5.41 Å². The zero-order chi connectivity index (χ0) is 10.2. The zero-order valence-corrected chi connectivity index (χ0v) is 8.73. The van der Waals surface area contributed by atoms with E-state index in [4.69, 9.17) is 9.31 Å². The topological polar surface area (TPSA) is 31.4 Å². The molecule has 1 aliphatic heterocycles. The first kappa shape index (κ1) is 9.68. The van der Waals surface area contributed by atoms with Crippen LogP contribution in [0, 0.1) is 5.41 Å². The third-order valence-corrected chi connectivity index (χ3v) is 2.16. The summed E-state index contributed by atoms with van der Waals surface area (Å²) in [4.78, 5) is 4.01. The summed E-state index contributed by atoms with van der Waals surface area (Å²) in [6, 6.07) is 3.84. The lowest BCUT2D eigenvalue weighted by atomic mass is 9.75. The Morgan fingerprint density at radius 3 is 2.57 bits per heavy atom. The number of aromatic nitrogens is 1. The van der Waals surface area contributed by atoms with Crippen LogP contribution in [-0.4, -0.2) is 18.4 Å². The average molecular weight is 191 g/mol. The first-order valence-corrected chi connectivity index (χ1v) is 4.78. The van der Waals surface area contributed by atoms with Gasteiger partial charge in [-0.05, 0) is 6.07 Å². The molecule has 0 radical (unpaired) electrons. The lowest BCUT2D eigenvalue weighted by Crippen LogP contribution is -2.57. The minimum Gasteiger partial charge on any atom is -0.382 e. The predicted octanol–water partition coefficient (Wildman–Crippen LogP) is 1.20. The molecule has 14 heavy (non-hydrogen) atoms. The SMILES string of the molecule is CC(C)(C)C1OB(c2cccnc2)O1. The summed E-state index contributed by atoms with van der Waals surface area (Å²) in [5.74, 6) is 0. The highest BCUT2D eigenvalue weighted by Gasteiger charge is 2.44. The molecule has 0 N–H and O–H groups in total. The minimum absolute atomic E-state index is 0.0404. The largest absolute Gasteiger partial charge is 0.499 e. The maximum atomic E-state index is 5.63. The summed E-state index contributed by atoms with van der Waals surface area (Å²) in [5.41, 5.74) is 1.02. The molecule has 0 spiro atoms. The van der Waals surface area contributed by atoms with Crippen LogP contribution in [0.1, 0.15) is 20.8 Å². The molecule has 1 fully saturated rings. The van der Waals surface area contributed by atoms with Gasteiger partial charge in [-0.15, -0.1) is 0 Å². The first-order chi connectivity index (χ1) is 6.57. The standard InChI is InChI=1S/C10H14BNO2/c1-10(2,3)9-13-11(14-9)8-5-4-6-12-7-8/h4-7,9H,1-3H3. The number of hydrogen-bond donors (Lipinski definition) is 0. The van der Waals surface area contributed by atoms with E-state index in [0.717, 1.165) is 5.46 Å². The van der Waals surface area contributed by atoms with Gasteiger partial charge in [0.15, 0.2) is 0 Å². The Kier molecular flexibility index (Phi) is 2.33. The van der Waals surface area contributed by atoms with Gasteiger partial charge in [-0.3, -0.25) is 4.98 Å². The monoisotopic (exact) mass is 191 g/mol. The van der Waals surface area contributed by atoms with E-state index in [1.54, 1.807) is 12.4 Å². The van der Waals surface area contributed by atoms with Crippen molar-refractivity contribution < 1.29 is 9.31 Å². The molecule has 74 valence electrons. The normalized spacial score (nSPS) is 18.1. The Bertz CT molecular complexity index is 304. The molecular weight excluding hydrogens is 177 g/mol. The second kappa shape index (κ2) is 3.37. The second-order valence-electron chi connectivity index (χ2n) is 4.59. The van der Waals surface area contributed by atoms with Gasteiger partial charge in [0.25, 0.3) is 0 Å². The highest BCUT2D eigenvalue weighted by Crippen LogP contribution is 2.30. The van der Waals surface area contributed by atoms with E-state index in [1.807, 2.05) is 12.1 Å². The van der Waals surface area contributed by atoms with Crippen LogP contribution in [0.15, 0.2) is 24.5 Å². The van der Waals surface area contributed by atoms with Gasteiger partial charge in [-0.2, -0.15) is 0 Å². The summed E-state index contributed by atoms with van der Waals surface area (Å²) in [6.07, 6.45) is 3.40. The van der Waals surface area contributed by atoms with Gasteiger partial charge in [0.2, 0.25) is 0 Å². The number of hydrogen-bond acceptors (Lipinski definition) is 3. The van der Waals surface area contributed by atoms with E-state index in [2.05, 4.69) is 25.8 Å². The quantitative estimate of drug-likeness (QED) is 0.625. The molecule has 0 aliphatic carbocycles. The summed E-state index contributed by atoms with van der Waals surface area (Å²) >= 11 is 0. The lowest BCUT2D eigenvalue weighted by molar-refractivity contribution is -0.167. The molecule has 0 unspecified atom stereocenters. The number of nitrogens with zero attached hydrogens (tertiary/aromatic N) is 1. The molecule has 3 nitrogen and oxygen atoms in total. The van der Waals surface area contributed by atoms with Crippen LogP contribution in [0.4, 0.5) is 0 Å². The van der Waals surface area contributed by atoms with E-state index in [1.165, 1.54) is 0 Å². The molecule has 1 saturated heterocycles. The number of pyridine rings is 1. The van der Waals surface area contributed by atoms with Crippen LogP contribution in [0.3, 0.4) is 0 Å². The molecule has 2 rings (SSSR count). The molecule has 1 aromatic rings. The van der Waals surface area contributed by atoms with Crippen LogP contribution in [0.2, 0.25) is 0 Å². The Morgan fingerprint density at radius 1 is 1.36 bits per heavy atom. The molecule has 0 atom stereocenters. The maximum absolute atomic E-state index is 5.63. The van der Waals surface area contributed by atoms with Gasteiger partial charge in [0.1, 0.15) is 6.29 Å². The second-order valence-corrected chi connectivity index (χ2v) is 4.59. The van der Waals surface area contributed by atoms with Gasteiger partial charge in [0.05, 0.1) is 0 Å². The van der Waals surface area contributed by atoms with Gasteiger partial charge in [-0.25, -0.2) is 0 Å². The van der Waals surface area contributed by atoms with Crippen molar-refractivity contribution in [3.05, 3.63) is 24.5 Å². The van der Waals surface area contributed by atoms with Crippen LogP contribution in [0.25, 0.3) is 0 Å². The Balaban J connectivity index is 1.96. The molecule has 0 amide bonds. The number of rotatable bonds is 1. The van der Waals surface area contributed by atoms with Crippen molar-refractivity contribution in [1.82, 2.24) is 4.98 Å².